The van der Waals surface area contributed by atoms with Crippen molar-refractivity contribution in [3.8, 4) is 0 Å². The summed E-state index contributed by atoms with van der Waals surface area (Å²) in [6.07, 6.45) is 5.33. The van der Waals surface area contributed by atoms with Crippen molar-refractivity contribution in [2.75, 3.05) is 0 Å². The molecular formula is C16H21N3O. The van der Waals surface area contributed by atoms with Gasteiger partial charge in [0.2, 0.25) is 0 Å². The summed E-state index contributed by atoms with van der Waals surface area (Å²) in [5.74, 6) is 0.553. The number of pyridine rings is 1. The fraction of sp³-hybridized carbons (Fsp3) is 0.438. The monoisotopic (exact) mass is 271 g/mol. The maximum atomic E-state index is 12.4. The summed E-state index contributed by atoms with van der Waals surface area (Å²) in [7, 11) is 0. The zero-order chi connectivity index (χ0) is 14.7. The molecule has 0 amide bonds. The van der Waals surface area contributed by atoms with Gasteiger partial charge in [0, 0.05) is 23.7 Å². The van der Waals surface area contributed by atoms with Gasteiger partial charge in [-0.3, -0.25) is 9.78 Å². The van der Waals surface area contributed by atoms with E-state index >= 15 is 0 Å². The quantitative estimate of drug-likeness (QED) is 0.858. The average molecular weight is 271 g/mol. The summed E-state index contributed by atoms with van der Waals surface area (Å²) in [6.45, 7) is 8.35. The van der Waals surface area contributed by atoms with E-state index in [-0.39, 0.29) is 5.91 Å². The maximum Gasteiger partial charge on any atom is 0.278 e. The van der Waals surface area contributed by atoms with Crippen LogP contribution in [0.4, 0.5) is 0 Å². The number of rotatable bonds is 4. The number of carbonyl (C=O) groups is 1. The Bertz CT molecular complexity index is 600. The summed E-state index contributed by atoms with van der Waals surface area (Å²) in [5, 5.41) is 4.41. The molecule has 106 valence electrons. The van der Waals surface area contributed by atoms with Crippen LogP contribution in [0.1, 0.15) is 47.6 Å². The van der Waals surface area contributed by atoms with Gasteiger partial charge in [-0.1, -0.05) is 13.8 Å². The highest BCUT2D eigenvalue weighted by Gasteiger charge is 2.17. The topological polar surface area (TPSA) is 47.8 Å². The smallest absolute Gasteiger partial charge is 0.267 e. The summed E-state index contributed by atoms with van der Waals surface area (Å²) < 4.78 is 1.51. The minimum atomic E-state index is -0.0937. The predicted molar refractivity (Wildman–Crippen MR) is 78.8 cm³/mol. The molecule has 0 fully saturated rings. The molecule has 0 saturated carbocycles. The van der Waals surface area contributed by atoms with Crippen LogP contribution >= 0.6 is 0 Å². The first-order valence-corrected chi connectivity index (χ1v) is 7.00. The van der Waals surface area contributed by atoms with E-state index in [2.05, 4.69) is 23.9 Å². The maximum absolute atomic E-state index is 12.4. The molecule has 0 bridgehead atoms. The Kier molecular flexibility index (Phi) is 4.32. The van der Waals surface area contributed by atoms with Crippen molar-refractivity contribution in [1.82, 2.24) is 14.8 Å². The lowest BCUT2D eigenvalue weighted by Gasteiger charge is -2.06. The predicted octanol–water partition coefficient (Wildman–Crippen LogP) is 3.17. The molecule has 2 rings (SSSR count). The van der Waals surface area contributed by atoms with Crippen LogP contribution in [0.25, 0.3) is 0 Å². The fourth-order valence-electron chi connectivity index (χ4n) is 2.28. The lowest BCUT2D eigenvalue weighted by molar-refractivity contribution is 0.0942. The lowest BCUT2D eigenvalue weighted by atomic mass is 10.0. The van der Waals surface area contributed by atoms with Crippen LogP contribution in [0, 0.1) is 19.8 Å². The summed E-state index contributed by atoms with van der Waals surface area (Å²) >= 11 is 0. The van der Waals surface area contributed by atoms with Gasteiger partial charge in [0.15, 0.2) is 0 Å². The molecule has 2 aromatic rings. The van der Waals surface area contributed by atoms with Crippen molar-refractivity contribution < 1.29 is 4.79 Å². The Morgan fingerprint density at radius 2 is 1.90 bits per heavy atom. The Balaban J connectivity index is 2.30. The Morgan fingerprint density at radius 3 is 2.50 bits per heavy atom. The average Bonchev–Trinajstić information content (AvgIpc) is 2.72. The van der Waals surface area contributed by atoms with Crippen LogP contribution in [0.15, 0.2) is 24.5 Å². The molecule has 4 heteroatoms. The first kappa shape index (κ1) is 14.4. The highest BCUT2D eigenvalue weighted by atomic mass is 16.2. The molecule has 4 nitrogen and oxygen atoms in total. The minimum Gasteiger partial charge on any atom is -0.267 e. The first-order chi connectivity index (χ1) is 9.50. The molecule has 0 aromatic carbocycles. The molecule has 0 saturated heterocycles. The van der Waals surface area contributed by atoms with E-state index in [1.54, 1.807) is 24.5 Å². The number of aryl methyl sites for hydroxylation is 1. The third kappa shape index (κ3) is 2.95. The van der Waals surface area contributed by atoms with Crippen molar-refractivity contribution >= 4 is 5.91 Å². The number of aromatic nitrogens is 3. The Hall–Kier alpha value is -1.97. The largest absolute Gasteiger partial charge is 0.278 e. The number of nitrogens with zero attached hydrogens (tertiary/aromatic N) is 3. The molecule has 20 heavy (non-hydrogen) atoms. The van der Waals surface area contributed by atoms with E-state index < -0.39 is 0 Å². The van der Waals surface area contributed by atoms with Crippen molar-refractivity contribution in [2.45, 2.75) is 40.5 Å². The number of carbonyl (C=O) groups excluding carboxylic acids is 1. The third-order valence-electron chi connectivity index (χ3n) is 3.53. The van der Waals surface area contributed by atoms with Gasteiger partial charge in [-0.25, -0.2) is 4.68 Å². The second-order valence-electron chi connectivity index (χ2n) is 5.53. The van der Waals surface area contributed by atoms with E-state index in [0.717, 1.165) is 24.2 Å². The third-order valence-corrected chi connectivity index (χ3v) is 3.53. The highest BCUT2D eigenvalue weighted by Crippen LogP contribution is 2.18. The summed E-state index contributed by atoms with van der Waals surface area (Å²) in [6, 6.07) is 3.43. The standard InChI is InChI=1S/C16H21N3O/c1-11(2)5-6-15-12(3)18-19(13(15)4)16(20)14-7-9-17-10-8-14/h7-11H,5-6H2,1-4H3. The Morgan fingerprint density at radius 1 is 1.25 bits per heavy atom. The van der Waals surface area contributed by atoms with Crippen LogP contribution in [0.2, 0.25) is 0 Å². The highest BCUT2D eigenvalue weighted by molar-refractivity contribution is 5.95. The fourth-order valence-corrected chi connectivity index (χ4v) is 2.28. The van der Waals surface area contributed by atoms with Gasteiger partial charge in [-0.2, -0.15) is 5.10 Å². The summed E-state index contributed by atoms with van der Waals surface area (Å²) in [5.41, 5.74) is 3.71. The van der Waals surface area contributed by atoms with Crippen molar-refractivity contribution in [3.05, 3.63) is 47.0 Å². The second-order valence-corrected chi connectivity index (χ2v) is 5.53. The number of hydrogen-bond donors (Lipinski definition) is 0. The van der Waals surface area contributed by atoms with Gasteiger partial charge >= 0.3 is 0 Å². The van der Waals surface area contributed by atoms with Crippen molar-refractivity contribution in [1.29, 1.82) is 0 Å². The van der Waals surface area contributed by atoms with E-state index in [0.29, 0.717) is 11.5 Å². The molecule has 2 aromatic heterocycles. The molecular weight excluding hydrogens is 250 g/mol. The summed E-state index contributed by atoms with van der Waals surface area (Å²) in [4.78, 5) is 16.4. The lowest BCUT2D eigenvalue weighted by Crippen LogP contribution is -2.15. The van der Waals surface area contributed by atoms with Gasteiger partial charge in [-0.15, -0.1) is 0 Å². The van der Waals surface area contributed by atoms with E-state index in [1.807, 2.05) is 13.8 Å². The van der Waals surface area contributed by atoms with E-state index in [4.69, 9.17) is 0 Å². The van der Waals surface area contributed by atoms with Gasteiger partial charge in [0.1, 0.15) is 0 Å². The molecule has 0 unspecified atom stereocenters. The zero-order valence-electron chi connectivity index (χ0n) is 12.6. The molecule has 0 aliphatic rings. The molecule has 0 N–H and O–H groups in total. The van der Waals surface area contributed by atoms with Crippen LogP contribution in [-0.2, 0) is 6.42 Å². The van der Waals surface area contributed by atoms with E-state index in [9.17, 15) is 4.79 Å². The molecule has 0 aliphatic carbocycles. The molecule has 0 radical (unpaired) electrons. The second kappa shape index (κ2) is 5.99. The van der Waals surface area contributed by atoms with Crippen LogP contribution in [-0.4, -0.2) is 20.7 Å². The van der Waals surface area contributed by atoms with Crippen LogP contribution in [0.5, 0.6) is 0 Å². The van der Waals surface area contributed by atoms with Gasteiger partial charge in [0.25, 0.3) is 5.91 Å². The molecule has 0 atom stereocenters. The van der Waals surface area contributed by atoms with Crippen LogP contribution in [0.3, 0.4) is 0 Å². The normalized spacial score (nSPS) is 11.1. The van der Waals surface area contributed by atoms with Crippen LogP contribution < -0.4 is 0 Å². The molecule has 2 heterocycles. The van der Waals surface area contributed by atoms with E-state index in [1.165, 1.54) is 10.2 Å². The van der Waals surface area contributed by atoms with Crippen molar-refractivity contribution in [3.63, 3.8) is 0 Å². The SMILES string of the molecule is Cc1nn(C(=O)c2ccncc2)c(C)c1CCC(C)C. The van der Waals surface area contributed by atoms with Gasteiger partial charge in [-0.05, 0) is 50.3 Å². The molecule has 0 aliphatic heterocycles. The minimum absolute atomic E-state index is 0.0937. The Labute approximate surface area is 119 Å². The first-order valence-electron chi connectivity index (χ1n) is 7.00. The number of hydrogen-bond acceptors (Lipinski definition) is 3. The van der Waals surface area contributed by atoms with Gasteiger partial charge in [0.05, 0.1) is 5.69 Å². The molecule has 0 spiro atoms. The zero-order valence-corrected chi connectivity index (χ0v) is 12.6. The van der Waals surface area contributed by atoms with Gasteiger partial charge < -0.3 is 0 Å². The van der Waals surface area contributed by atoms with Crippen molar-refractivity contribution in [2.24, 2.45) is 5.92 Å².